The third kappa shape index (κ3) is 4.98. The molecule has 0 unspecified atom stereocenters. The molecule has 4 aromatic rings. The van der Waals surface area contributed by atoms with Crippen LogP contribution in [-0.4, -0.2) is 11.8 Å². The summed E-state index contributed by atoms with van der Waals surface area (Å²) in [6.07, 6.45) is 0. The van der Waals surface area contributed by atoms with Crippen LogP contribution in [0.1, 0.15) is 37.6 Å². The monoisotopic (exact) mass is 430 g/mol. The number of furan rings is 1. The van der Waals surface area contributed by atoms with Gasteiger partial charge in [0.2, 0.25) is 0 Å². The van der Waals surface area contributed by atoms with Crippen LogP contribution in [0.4, 0.5) is 0 Å². The number of hydrogen-bond donors (Lipinski definition) is 2. The first-order valence-electron chi connectivity index (χ1n) is 9.91. The van der Waals surface area contributed by atoms with Gasteiger partial charge in [-0.25, -0.2) is 0 Å². The van der Waals surface area contributed by atoms with Gasteiger partial charge in [0.05, 0.1) is 0 Å². The molecule has 156 valence electrons. The molecule has 1 aromatic heterocycles. The van der Waals surface area contributed by atoms with Crippen molar-refractivity contribution in [1.82, 2.24) is 10.9 Å². The average Bonchev–Trinajstić information content (AvgIpc) is 3.17. The number of hydrazine groups is 1. The highest BCUT2D eigenvalue weighted by Gasteiger charge is 2.21. The molecule has 0 bridgehead atoms. The van der Waals surface area contributed by atoms with E-state index >= 15 is 0 Å². The highest BCUT2D eigenvalue weighted by Crippen LogP contribution is 2.30. The van der Waals surface area contributed by atoms with Crippen LogP contribution in [0, 0.1) is 6.92 Å². The zero-order chi connectivity index (χ0) is 21.6. The van der Waals surface area contributed by atoms with Crippen molar-refractivity contribution < 1.29 is 14.0 Å². The van der Waals surface area contributed by atoms with Crippen LogP contribution in [0.5, 0.6) is 0 Å². The Labute approximate surface area is 184 Å². The maximum Gasteiger partial charge on any atom is 0.305 e. The summed E-state index contributed by atoms with van der Waals surface area (Å²) >= 11 is 1.71. The maximum absolute atomic E-state index is 12.8. The Kier molecular flexibility index (Phi) is 6.38. The van der Waals surface area contributed by atoms with Crippen molar-refractivity contribution in [3.8, 4) is 0 Å². The molecule has 3 aromatic carbocycles. The summed E-state index contributed by atoms with van der Waals surface area (Å²) in [5.74, 6) is 0.786. The summed E-state index contributed by atoms with van der Waals surface area (Å²) in [5.41, 5.74) is 9.15. The first kappa shape index (κ1) is 20.8. The van der Waals surface area contributed by atoms with Crippen molar-refractivity contribution in [2.24, 2.45) is 0 Å². The highest BCUT2D eigenvalue weighted by atomic mass is 32.2. The van der Waals surface area contributed by atoms with E-state index in [1.807, 2.05) is 61.5 Å². The molecule has 4 rings (SSSR count). The Hall–Kier alpha value is -3.51. The molecule has 0 aliphatic rings. The topological polar surface area (TPSA) is 71.3 Å². The fourth-order valence-corrected chi connectivity index (χ4v) is 4.24. The Morgan fingerprint density at radius 1 is 0.806 bits per heavy atom. The summed E-state index contributed by atoms with van der Waals surface area (Å²) < 4.78 is 5.84. The van der Waals surface area contributed by atoms with E-state index < -0.39 is 5.91 Å². The second-order valence-electron chi connectivity index (χ2n) is 7.16. The molecule has 6 heteroatoms. The van der Waals surface area contributed by atoms with E-state index in [4.69, 9.17) is 4.42 Å². The Bertz CT molecular complexity index is 1200. The number of carbonyl (C=O) groups is 2. The van der Waals surface area contributed by atoms with Crippen molar-refractivity contribution in [2.45, 2.75) is 18.4 Å². The van der Waals surface area contributed by atoms with Gasteiger partial charge in [0.25, 0.3) is 5.91 Å². The quantitative estimate of drug-likeness (QED) is 0.410. The maximum atomic E-state index is 12.8. The predicted molar refractivity (Wildman–Crippen MR) is 124 cm³/mol. The molecular weight excluding hydrogens is 408 g/mol. The SMILES string of the molecule is Cc1ccc(C(=O)NNC(=O)c2oc3ccccc3c2CSCc2ccccc2)cc1. The molecule has 31 heavy (non-hydrogen) atoms. The molecule has 0 spiro atoms. The number of fused-ring (bicyclic) bond motifs is 1. The normalized spacial score (nSPS) is 10.7. The van der Waals surface area contributed by atoms with Crippen molar-refractivity contribution >= 4 is 34.5 Å². The van der Waals surface area contributed by atoms with Crippen molar-refractivity contribution in [3.05, 3.63) is 107 Å². The van der Waals surface area contributed by atoms with Crippen LogP contribution in [0.2, 0.25) is 0 Å². The molecule has 2 amide bonds. The van der Waals surface area contributed by atoms with Gasteiger partial charge in [-0.3, -0.25) is 20.4 Å². The van der Waals surface area contributed by atoms with Crippen LogP contribution >= 0.6 is 11.8 Å². The molecule has 0 saturated heterocycles. The Morgan fingerprint density at radius 2 is 1.48 bits per heavy atom. The van der Waals surface area contributed by atoms with Crippen molar-refractivity contribution in [2.75, 3.05) is 0 Å². The number of hydrogen-bond acceptors (Lipinski definition) is 4. The first-order chi connectivity index (χ1) is 15.1. The van der Waals surface area contributed by atoms with Gasteiger partial charge in [-0.2, -0.15) is 11.8 Å². The fourth-order valence-electron chi connectivity index (χ4n) is 3.22. The van der Waals surface area contributed by atoms with E-state index in [-0.39, 0.29) is 11.7 Å². The molecule has 0 radical (unpaired) electrons. The summed E-state index contributed by atoms with van der Waals surface area (Å²) in [5, 5.41) is 0.901. The van der Waals surface area contributed by atoms with Gasteiger partial charge >= 0.3 is 5.91 Å². The standard InChI is InChI=1S/C25H22N2O3S/c1-17-11-13-19(14-12-17)24(28)26-27-25(29)23-21(20-9-5-6-10-22(20)30-23)16-31-15-18-7-3-2-4-8-18/h2-14H,15-16H2,1H3,(H,26,28)(H,27,29). The number of amides is 2. The lowest BCUT2D eigenvalue weighted by molar-refractivity contribution is 0.0831. The summed E-state index contributed by atoms with van der Waals surface area (Å²) in [4.78, 5) is 25.1. The zero-order valence-electron chi connectivity index (χ0n) is 17.1. The van der Waals surface area contributed by atoms with Gasteiger partial charge < -0.3 is 4.42 Å². The predicted octanol–water partition coefficient (Wildman–Crippen LogP) is 5.25. The Balaban J connectivity index is 1.48. The van der Waals surface area contributed by atoms with Gasteiger partial charge in [-0.05, 0) is 30.7 Å². The van der Waals surface area contributed by atoms with Crippen LogP contribution in [0.3, 0.4) is 0 Å². The number of rotatable bonds is 6. The van der Waals surface area contributed by atoms with E-state index in [0.717, 1.165) is 22.3 Å². The lowest BCUT2D eigenvalue weighted by Crippen LogP contribution is -2.41. The number of carbonyl (C=O) groups excluding carboxylic acids is 2. The second kappa shape index (κ2) is 9.53. The smallest absolute Gasteiger partial charge is 0.305 e. The molecule has 0 aliphatic heterocycles. The minimum absolute atomic E-state index is 0.214. The lowest BCUT2D eigenvalue weighted by Gasteiger charge is -2.08. The Morgan fingerprint density at radius 3 is 2.26 bits per heavy atom. The van der Waals surface area contributed by atoms with Gasteiger partial charge in [-0.1, -0.05) is 66.2 Å². The number of thioether (sulfide) groups is 1. The molecule has 0 saturated carbocycles. The summed E-state index contributed by atoms with van der Waals surface area (Å²) in [6.45, 7) is 1.95. The van der Waals surface area contributed by atoms with E-state index in [9.17, 15) is 9.59 Å². The average molecular weight is 431 g/mol. The van der Waals surface area contributed by atoms with Gasteiger partial charge in [0.1, 0.15) is 5.58 Å². The fraction of sp³-hybridized carbons (Fsp3) is 0.120. The minimum atomic E-state index is -0.480. The summed E-state index contributed by atoms with van der Waals surface area (Å²) in [7, 11) is 0. The lowest BCUT2D eigenvalue weighted by atomic mass is 10.1. The molecule has 5 nitrogen and oxygen atoms in total. The molecule has 2 N–H and O–H groups in total. The van der Waals surface area contributed by atoms with Crippen LogP contribution in [0.25, 0.3) is 11.0 Å². The van der Waals surface area contributed by atoms with Gasteiger partial charge in [0, 0.05) is 28.0 Å². The first-order valence-corrected chi connectivity index (χ1v) is 11.1. The molecule has 0 atom stereocenters. The number of nitrogens with one attached hydrogen (secondary N) is 2. The molecule has 0 aliphatic carbocycles. The summed E-state index contributed by atoms with van der Waals surface area (Å²) in [6, 6.07) is 24.9. The van der Waals surface area contributed by atoms with Crippen LogP contribution < -0.4 is 10.9 Å². The van der Waals surface area contributed by atoms with Crippen molar-refractivity contribution in [1.29, 1.82) is 0 Å². The second-order valence-corrected chi connectivity index (χ2v) is 8.14. The van der Waals surface area contributed by atoms with Crippen LogP contribution in [-0.2, 0) is 11.5 Å². The number of benzene rings is 3. The van der Waals surface area contributed by atoms with E-state index in [2.05, 4.69) is 23.0 Å². The van der Waals surface area contributed by atoms with Gasteiger partial charge in [-0.15, -0.1) is 0 Å². The molecule has 1 heterocycles. The zero-order valence-corrected chi connectivity index (χ0v) is 17.9. The largest absolute Gasteiger partial charge is 0.451 e. The van der Waals surface area contributed by atoms with Crippen LogP contribution in [0.15, 0.2) is 83.3 Å². The van der Waals surface area contributed by atoms with E-state index in [0.29, 0.717) is 16.9 Å². The number of aryl methyl sites for hydroxylation is 1. The van der Waals surface area contributed by atoms with Crippen molar-refractivity contribution in [3.63, 3.8) is 0 Å². The molecule has 0 fully saturated rings. The molecular formula is C25H22N2O3S. The van der Waals surface area contributed by atoms with E-state index in [1.54, 1.807) is 23.9 Å². The third-order valence-corrected chi connectivity index (χ3v) is 5.90. The third-order valence-electron chi connectivity index (χ3n) is 4.87. The van der Waals surface area contributed by atoms with E-state index in [1.165, 1.54) is 5.56 Å². The highest BCUT2D eigenvalue weighted by molar-refractivity contribution is 7.97. The number of para-hydroxylation sites is 1. The minimum Gasteiger partial charge on any atom is -0.451 e. The van der Waals surface area contributed by atoms with Gasteiger partial charge in [0.15, 0.2) is 5.76 Å².